The van der Waals surface area contributed by atoms with Crippen molar-refractivity contribution < 1.29 is 9.79 Å². The van der Waals surface area contributed by atoms with Crippen molar-refractivity contribution in [2.45, 2.75) is 37.5 Å². The highest BCUT2D eigenvalue weighted by Crippen LogP contribution is 2.43. The molecule has 31 heavy (non-hydrogen) atoms. The van der Waals surface area contributed by atoms with E-state index in [2.05, 4.69) is 65.0 Å². The van der Waals surface area contributed by atoms with Gasteiger partial charge in [0.25, 0.3) is 6.17 Å². The molecule has 0 radical (unpaired) electrons. The molecule has 0 unspecified atom stereocenters. The number of thioether (sulfide) groups is 1. The lowest BCUT2D eigenvalue weighted by atomic mass is 10.0. The third kappa shape index (κ3) is 4.44. The summed E-state index contributed by atoms with van der Waals surface area (Å²) in [6.45, 7) is 2.16. The smallest absolute Gasteiger partial charge is 0.325 e. The van der Waals surface area contributed by atoms with E-state index in [0.29, 0.717) is 19.8 Å². The van der Waals surface area contributed by atoms with E-state index >= 15 is 0 Å². The molecular weight excluding hydrogens is 612 g/mol. The number of nitrogens with one attached hydrogen (secondary N) is 2. The summed E-state index contributed by atoms with van der Waals surface area (Å²) in [7, 11) is 0. The van der Waals surface area contributed by atoms with E-state index in [0.717, 1.165) is 46.3 Å². The van der Waals surface area contributed by atoms with E-state index in [1.165, 1.54) is 0 Å². The summed E-state index contributed by atoms with van der Waals surface area (Å²) >= 11 is 12.0. The number of halogens is 3. The minimum Gasteiger partial charge on any atom is -0.506 e. The Bertz CT molecular complexity index is 1200. The Labute approximate surface area is 209 Å². The maximum atomic E-state index is 13.2. The molecule has 0 aliphatic carbocycles. The summed E-state index contributed by atoms with van der Waals surface area (Å²) < 4.78 is 3.55. The van der Waals surface area contributed by atoms with Crippen molar-refractivity contribution in [2.24, 2.45) is 0 Å². The number of aromatic nitrogens is 3. The first-order valence-electron chi connectivity index (χ1n) is 9.83. The second-order valence-electron chi connectivity index (χ2n) is 7.12. The van der Waals surface area contributed by atoms with Crippen LogP contribution >= 0.6 is 59.6 Å². The predicted octanol–water partition coefficient (Wildman–Crippen LogP) is 5.97. The Hall–Kier alpha value is -1.36. The average Bonchev–Trinajstić information content (AvgIpc) is 2.75. The Morgan fingerprint density at radius 1 is 1.19 bits per heavy atom. The molecule has 0 bridgehead atoms. The van der Waals surface area contributed by atoms with Crippen LogP contribution in [-0.4, -0.2) is 20.9 Å². The number of unbranched alkanes of at least 4 members (excludes halogenated alkanes) is 2. The first-order chi connectivity index (χ1) is 14.9. The number of aromatic amines is 1. The van der Waals surface area contributed by atoms with Crippen molar-refractivity contribution in [2.75, 3.05) is 11.1 Å². The number of phenols is 1. The first-order valence-corrected chi connectivity index (χ1v) is 13.2. The van der Waals surface area contributed by atoms with Gasteiger partial charge in [-0.2, -0.15) is 0 Å². The molecule has 6 nitrogen and oxygen atoms in total. The van der Waals surface area contributed by atoms with Crippen LogP contribution in [0, 0.1) is 0 Å². The molecule has 3 N–H and O–H groups in total. The third-order valence-electron chi connectivity index (χ3n) is 5.02. The van der Waals surface area contributed by atoms with Crippen molar-refractivity contribution in [3.63, 3.8) is 0 Å². The number of rotatable bonds is 6. The lowest BCUT2D eigenvalue weighted by Crippen LogP contribution is -2.55. The Balaban J connectivity index is 1.88. The SMILES string of the molecule is CCCCCSc1n[n+]2c(c(=O)[nH]1)-c1ccccc1N[C@@H]2c1c(Br)cc(Br)c(O)c1Br. The zero-order chi connectivity index (χ0) is 22.1. The van der Waals surface area contributed by atoms with E-state index < -0.39 is 6.17 Å². The van der Waals surface area contributed by atoms with Gasteiger partial charge in [-0.25, -0.2) is 0 Å². The largest absolute Gasteiger partial charge is 0.506 e. The topological polar surface area (TPSA) is 81.9 Å². The van der Waals surface area contributed by atoms with Gasteiger partial charge in [-0.15, -0.1) is 0 Å². The number of phenolic OH excluding ortho intramolecular Hbond substituents is 1. The van der Waals surface area contributed by atoms with Crippen molar-refractivity contribution in [1.82, 2.24) is 10.1 Å². The van der Waals surface area contributed by atoms with Gasteiger partial charge in [-0.05, 0) is 61.2 Å². The van der Waals surface area contributed by atoms with E-state index in [-0.39, 0.29) is 11.3 Å². The summed E-state index contributed by atoms with van der Waals surface area (Å²) in [5, 5.41) is 19.4. The summed E-state index contributed by atoms with van der Waals surface area (Å²) in [5.41, 5.74) is 2.62. The standard InChI is InChI=1S/C21H19Br3N4O2S/c1-2-3-6-9-31-21-26-20(30)17-11-7-4-5-8-14(11)25-19(28(17)27-21)15-12(22)10-13(23)18(29)16(15)24/h4-5,7-8,10,19H,2-3,6,9H2,1H3,(H2,26,27,29,30)/p+1/t19-/m0/s1. The molecule has 3 aromatic rings. The molecule has 162 valence electrons. The van der Waals surface area contributed by atoms with Gasteiger partial charge in [0.15, 0.2) is 0 Å². The van der Waals surface area contributed by atoms with Crippen LogP contribution in [0.15, 0.2) is 53.7 Å². The van der Waals surface area contributed by atoms with Crippen LogP contribution in [-0.2, 0) is 0 Å². The number of anilines is 1. The number of aromatic hydroxyl groups is 1. The Kier molecular flexibility index (Phi) is 7.10. The Morgan fingerprint density at radius 2 is 1.97 bits per heavy atom. The van der Waals surface area contributed by atoms with Crippen molar-refractivity contribution >= 4 is 65.2 Å². The minimum atomic E-state index is -0.509. The van der Waals surface area contributed by atoms with Gasteiger partial charge in [0.2, 0.25) is 5.16 Å². The average molecular weight is 632 g/mol. The summed E-state index contributed by atoms with van der Waals surface area (Å²) in [6.07, 6.45) is 2.84. The number of nitrogens with zero attached hydrogens (tertiary/aromatic N) is 2. The van der Waals surface area contributed by atoms with Crippen LogP contribution in [0.2, 0.25) is 0 Å². The second kappa shape index (κ2) is 9.64. The van der Waals surface area contributed by atoms with Crippen LogP contribution in [0.25, 0.3) is 11.3 Å². The molecule has 1 aromatic heterocycles. The molecule has 1 aliphatic heterocycles. The fourth-order valence-corrected chi connectivity index (χ4v) is 6.92. The fourth-order valence-electron chi connectivity index (χ4n) is 3.52. The zero-order valence-corrected chi connectivity index (χ0v) is 22.2. The number of H-pyrrole nitrogens is 1. The number of fused-ring (bicyclic) bond motifs is 3. The maximum absolute atomic E-state index is 13.2. The number of para-hydroxylation sites is 1. The van der Waals surface area contributed by atoms with Crippen molar-refractivity contribution in [3.05, 3.63) is 59.7 Å². The number of benzene rings is 2. The minimum absolute atomic E-state index is 0.0833. The highest BCUT2D eigenvalue weighted by atomic mass is 79.9. The Morgan fingerprint density at radius 3 is 2.74 bits per heavy atom. The fraction of sp³-hybridized carbons (Fsp3) is 0.286. The maximum Gasteiger partial charge on any atom is 0.325 e. The molecule has 0 spiro atoms. The van der Waals surface area contributed by atoms with Crippen LogP contribution < -0.4 is 15.6 Å². The van der Waals surface area contributed by atoms with Gasteiger partial charge < -0.3 is 10.4 Å². The molecule has 0 fully saturated rings. The first kappa shape index (κ1) is 22.8. The van der Waals surface area contributed by atoms with E-state index in [4.69, 9.17) is 5.10 Å². The molecular formula is C21H20Br3N4O2S+. The van der Waals surface area contributed by atoms with Crippen molar-refractivity contribution in [3.8, 4) is 17.0 Å². The monoisotopic (exact) mass is 629 g/mol. The van der Waals surface area contributed by atoms with Crippen LogP contribution in [0.5, 0.6) is 5.75 Å². The molecule has 0 amide bonds. The van der Waals surface area contributed by atoms with Crippen LogP contribution in [0.3, 0.4) is 0 Å². The summed E-state index contributed by atoms with van der Waals surface area (Å²) in [6, 6.07) is 9.43. The zero-order valence-electron chi connectivity index (χ0n) is 16.6. The molecule has 0 saturated heterocycles. The number of hydrogen-bond acceptors (Lipinski definition) is 5. The second-order valence-corrected chi connectivity index (χ2v) is 10.7. The lowest BCUT2D eigenvalue weighted by Gasteiger charge is -2.24. The molecule has 1 atom stereocenters. The van der Waals surface area contributed by atoms with Crippen LogP contribution in [0.1, 0.15) is 37.9 Å². The number of hydrogen-bond donors (Lipinski definition) is 3. The van der Waals surface area contributed by atoms with E-state index in [9.17, 15) is 9.90 Å². The molecule has 2 aromatic carbocycles. The lowest BCUT2D eigenvalue weighted by molar-refractivity contribution is -0.759. The summed E-state index contributed by atoms with van der Waals surface area (Å²) in [5.74, 6) is 0.970. The van der Waals surface area contributed by atoms with Gasteiger partial charge in [0.1, 0.15) is 5.75 Å². The third-order valence-corrected chi connectivity index (χ3v) is 8.04. The van der Waals surface area contributed by atoms with Crippen molar-refractivity contribution in [1.29, 1.82) is 0 Å². The molecule has 4 rings (SSSR count). The van der Waals surface area contributed by atoms with Gasteiger partial charge >= 0.3 is 11.3 Å². The molecule has 1 aliphatic rings. The normalized spacial score (nSPS) is 14.6. The highest BCUT2D eigenvalue weighted by molar-refractivity contribution is 9.11. The highest BCUT2D eigenvalue weighted by Gasteiger charge is 2.40. The van der Waals surface area contributed by atoms with Gasteiger partial charge in [0.05, 0.1) is 25.8 Å². The molecule has 10 heteroatoms. The quantitative estimate of drug-likeness (QED) is 0.177. The van der Waals surface area contributed by atoms with Crippen LogP contribution in [0.4, 0.5) is 5.69 Å². The van der Waals surface area contributed by atoms with E-state index in [1.54, 1.807) is 22.5 Å². The van der Waals surface area contributed by atoms with Gasteiger partial charge in [-0.1, -0.05) is 59.6 Å². The molecule has 2 heterocycles. The van der Waals surface area contributed by atoms with Gasteiger partial charge in [0, 0.05) is 15.3 Å². The predicted molar refractivity (Wildman–Crippen MR) is 134 cm³/mol. The van der Waals surface area contributed by atoms with E-state index in [1.807, 2.05) is 24.3 Å². The van der Waals surface area contributed by atoms with Gasteiger partial charge in [-0.3, -0.25) is 9.78 Å². The summed E-state index contributed by atoms with van der Waals surface area (Å²) in [4.78, 5) is 16.1. The molecule has 0 saturated carbocycles.